The molecule has 0 spiro atoms. The molecular weight excluding hydrogens is 354 g/mol. The second kappa shape index (κ2) is 9.45. The van der Waals surface area contributed by atoms with Gasteiger partial charge in [0.15, 0.2) is 0 Å². The first-order valence-electron chi connectivity index (χ1n) is 8.88. The van der Waals surface area contributed by atoms with Crippen LogP contribution in [0.2, 0.25) is 0 Å². The van der Waals surface area contributed by atoms with Crippen LogP contribution in [0.4, 0.5) is 0 Å². The number of nitrogens with zero attached hydrogens (tertiary/aromatic N) is 2. The Bertz CT molecular complexity index is 715. The van der Waals surface area contributed by atoms with Crippen molar-refractivity contribution in [3.05, 3.63) is 34.9 Å². The Morgan fingerprint density at radius 2 is 1.88 bits per heavy atom. The molecule has 1 heterocycles. The average Bonchev–Trinajstić information content (AvgIpc) is 2.60. The summed E-state index contributed by atoms with van der Waals surface area (Å²) in [6, 6.07) is 5.54. The van der Waals surface area contributed by atoms with E-state index in [1.807, 2.05) is 26.0 Å². The first kappa shape index (κ1) is 20.8. The van der Waals surface area contributed by atoms with Crippen molar-refractivity contribution in [2.45, 2.75) is 13.8 Å². The van der Waals surface area contributed by atoms with Gasteiger partial charge >= 0.3 is 0 Å². The highest BCUT2D eigenvalue weighted by Crippen LogP contribution is 2.09. The van der Waals surface area contributed by atoms with Crippen LogP contribution in [0.5, 0.6) is 0 Å². The van der Waals surface area contributed by atoms with E-state index in [0.29, 0.717) is 31.9 Å². The van der Waals surface area contributed by atoms with Gasteiger partial charge in [-0.05, 0) is 37.1 Å². The maximum Gasteiger partial charge on any atom is 0.251 e. The number of hydrogen-bond donors (Lipinski definition) is 1. The van der Waals surface area contributed by atoms with Gasteiger partial charge in [0.25, 0.3) is 5.91 Å². The van der Waals surface area contributed by atoms with E-state index in [4.69, 9.17) is 4.74 Å². The lowest BCUT2D eigenvalue weighted by atomic mass is 10.1. The fraction of sp³-hybridized carbons (Fsp3) is 0.611. The molecule has 1 aromatic rings. The van der Waals surface area contributed by atoms with Crippen molar-refractivity contribution in [1.29, 1.82) is 0 Å². The summed E-state index contributed by atoms with van der Waals surface area (Å²) in [7, 11) is -3.32. The number of ether oxygens (including phenoxy) is 1. The highest BCUT2D eigenvalue weighted by atomic mass is 32.2. The Balaban J connectivity index is 1.84. The summed E-state index contributed by atoms with van der Waals surface area (Å²) in [6.07, 6.45) is 1.21. The zero-order valence-electron chi connectivity index (χ0n) is 15.8. The lowest BCUT2D eigenvalue weighted by molar-refractivity contribution is 0.0363. The zero-order chi connectivity index (χ0) is 19.2. The first-order valence-corrected chi connectivity index (χ1v) is 10.7. The topological polar surface area (TPSA) is 79.0 Å². The average molecular weight is 384 g/mol. The third kappa shape index (κ3) is 6.35. The molecule has 2 rings (SSSR count). The van der Waals surface area contributed by atoms with Crippen LogP contribution in [0.25, 0.3) is 0 Å². The minimum absolute atomic E-state index is 0.185. The summed E-state index contributed by atoms with van der Waals surface area (Å²) < 4.78 is 30.7. The van der Waals surface area contributed by atoms with Gasteiger partial charge in [0, 0.05) is 44.8 Å². The van der Waals surface area contributed by atoms with E-state index in [1.54, 1.807) is 6.07 Å². The van der Waals surface area contributed by atoms with Gasteiger partial charge in [0.2, 0.25) is 10.0 Å². The van der Waals surface area contributed by atoms with Crippen molar-refractivity contribution in [3.63, 3.8) is 0 Å². The van der Waals surface area contributed by atoms with Gasteiger partial charge in [-0.3, -0.25) is 9.69 Å². The van der Waals surface area contributed by atoms with E-state index in [-0.39, 0.29) is 19.0 Å². The minimum atomic E-state index is -3.32. The number of carbonyl (C=O) groups excluding carboxylic acids is 1. The molecule has 0 unspecified atom stereocenters. The summed E-state index contributed by atoms with van der Waals surface area (Å²) in [5.74, 6) is -0.185. The van der Waals surface area contributed by atoms with Crippen LogP contribution in [0.15, 0.2) is 18.2 Å². The number of aryl methyl sites for hydroxylation is 2. The number of nitrogens with one attached hydrogen (secondary N) is 1. The number of benzene rings is 1. The van der Waals surface area contributed by atoms with Crippen molar-refractivity contribution in [2.24, 2.45) is 0 Å². The summed E-state index contributed by atoms with van der Waals surface area (Å²) in [4.78, 5) is 14.4. The molecule has 1 aliphatic heterocycles. The smallest absolute Gasteiger partial charge is 0.251 e. The molecule has 1 N–H and O–H groups in total. The fourth-order valence-electron chi connectivity index (χ4n) is 2.80. The van der Waals surface area contributed by atoms with Crippen molar-refractivity contribution in [1.82, 2.24) is 14.5 Å². The molecule has 146 valence electrons. The third-order valence-electron chi connectivity index (χ3n) is 4.65. The van der Waals surface area contributed by atoms with Crippen molar-refractivity contribution in [2.75, 3.05) is 58.7 Å². The van der Waals surface area contributed by atoms with Gasteiger partial charge in [0.05, 0.1) is 19.5 Å². The van der Waals surface area contributed by atoms with Crippen LogP contribution in [0, 0.1) is 13.8 Å². The van der Waals surface area contributed by atoms with Gasteiger partial charge < -0.3 is 10.1 Å². The number of morpholine rings is 1. The predicted molar refractivity (Wildman–Crippen MR) is 102 cm³/mol. The number of hydrogen-bond acceptors (Lipinski definition) is 5. The number of sulfonamides is 1. The molecule has 0 saturated carbocycles. The molecule has 0 bridgehead atoms. The number of rotatable bonds is 8. The van der Waals surface area contributed by atoms with E-state index in [9.17, 15) is 13.2 Å². The molecule has 1 amide bonds. The quantitative estimate of drug-likeness (QED) is 0.712. The second-order valence-corrected chi connectivity index (χ2v) is 8.65. The van der Waals surface area contributed by atoms with Crippen LogP contribution in [0.1, 0.15) is 21.5 Å². The van der Waals surface area contributed by atoms with E-state index in [1.165, 1.54) is 10.6 Å². The maximum absolute atomic E-state index is 12.2. The van der Waals surface area contributed by atoms with Crippen LogP contribution >= 0.6 is 0 Å². The Labute approximate surface area is 156 Å². The fourth-order valence-corrected chi connectivity index (χ4v) is 3.64. The largest absolute Gasteiger partial charge is 0.379 e. The molecule has 0 atom stereocenters. The summed E-state index contributed by atoms with van der Waals surface area (Å²) >= 11 is 0. The Morgan fingerprint density at radius 3 is 2.50 bits per heavy atom. The van der Waals surface area contributed by atoms with Crippen molar-refractivity contribution >= 4 is 15.9 Å². The molecule has 0 aromatic heterocycles. The molecule has 1 aliphatic rings. The SMILES string of the molecule is Cc1ccc(C(=O)NCCN(CCN2CCOCC2)S(C)(=O)=O)cc1C. The molecule has 26 heavy (non-hydrogen) atoms. The van der Waals surface area contributed by atoms with E-state index in [0.717, 1.165) is 24.2 Å². The van der Waals surface area contributed by atoms with Gasteiger partial charge in [-0.2, -0.15) is 4.31 Å². The lowest BCUT2D eigenvalue weighted by Crippen LogP contribution is -2.44. The second-order valence-electron chi connectivity index (χ2n) is 6.67. The first-order chi connectivity index (χ1) is 12.3. The number of carbonyl (C=O) groups is 1. The Hall–Kier alpha value is -1.48. The monoisotopic (exact) mass is 383 g/mol. The zero-order valence-corrected chi connectivity index (χ0v) is 16.6. The molecule has 1 saturated heterocycles. The Morgan fingerprint density at radius 1 is 1.19 bits per heavy atom. The van der Waals surface area contributed by atoms with Crippen LogP contribution in [-0.4, -0.2) is 82.3 Å². The van der Waals surface area contributed by atoms with Crippen LogP contribution in [0.3, 0.4) is 0 Å². The van der Waals surface area contributed by atoms with Crippen LogP contribution < -0.4 is 5.32 Å². The van der Waals surface area contributed by atoms with Gasteiger partial charge in [-0.25, -0.2) is 8.42 Å². The van der Waals surface area contributed by atoms with E-state index < -0.39 is 10.0 Å². The lowest BCUT2D eigenvalue weighted by Gasteiger charge is -2.29. The highest BCUT2D eigenvalue weighted by molar-refractivity contribution is 7.88. The molecule has 1 fully saturated rings. The highest BCUT2D eigenvalue weighted by Gasteiger charge is 2.19. The van der Waals surface area contributed by atoms with Crippen molar-refractivity contribution < 1.29 is 17.9 Å². The van der Waals surface area contributed by atoms with Gasteiger partial charge in [0.1, 0.15) is 0 Å². The predicted octanol–water partition coefficient (Wildman–Crippen LogP) is 0.627. The molecule has 0 aliphatic carbocycles. The minimum Gasteiger partial charge on any atom is -0.379 e. The summed E-state index contributed by atoms with van der Waals surface area (Å²) in [5.41, 5.74) is 2.78. The summed E-state index contributed by atoms with van der Waals surface area (Å²) in [5, 5.41) is 2.81. The molecule has 8 heteroatoms. The van der Waals surface area contributed by atoms with E-state index >= 15 is 0 Å². The van der Waals surface area contributed by atoms with Crippen molar-refractivity contribution in [3.8, 4) is 0 Å². The van der Waals surface area contributed by atoms with E-state index in [2.05, 4.69) is 10.2 Å². The molecular formula is C18H29N3O4S. The molecule has 7 nitrogen and oxygen atoms in total. The normalized spacial score (nSPS) is 16.0. The molecule has 1 aromatic carbocycles. The van der Waals surface area contributed by atoms with Gasteiger partial charge in [-0.1, -0.05) is 6.07 Å². The summed E-state index contributed by atoms with van der Waals surface area (Å²) in [6.45, 7) is 8.60. The van der Waals surface area contributed by atoms with Gasteiger partial charge in [-0.15, -0.1) is 0 Å². The number of amides is 1. The third-order valence-corrected chi connectivity index (χ3v) is 5.96. The molecule has 0 radical (unpaired) electrons. The standard InChI is InChI=1S/C18H29N3O4S/c1-15-4-5-17(14-16(15)2)18(22)19-6-7-21(26(3,23)24)9-8-20-10-12-25-13-11-20/h4-5,14H,6-13H2,1-3H3,(H,19,22). The van der Waals surface area contributed by atoms with Crippen LogP contribution in [-0.2, 0) is 14.8 Å². The maximum atomic E-state index is 12.2. The Kier molecular flexibility index (Phi) is 7.57.